The van der Waals surface area contributed by atoms with E-state index < -0.39 is 51.5 Å². The lowest BCUT2D eigenvalue weighted by Crippen LogP contribution is -2.52. The van der Waals surface area contributed by atoms with Crippen LogP contribution >= 0.6 is 0 Å². The molecule has 3 N–H and O–H groups in total. The Morgan fingerprint density at radius 1 is 1.04 bits per heavy atom. The summed E-state index contributed by atoms with van der Waals surface area (Å²) in [5.74, 6) is -1.89. The molecule has 246 valence electrons. The third-order valence-electron chi connectivity index (χ3n) is 8.57. The van der Waals surface area contributed by atoms with Crippen LogP contribution in [0.25, 0.3) is 0 Å². The molecule has 4 rings (SSSR count). The van der Waals surface area contributed by atoms with E-state index in [4.69, 9.17) is 0 Å². The number of alkyl halides is 3. The van der Waals surface area contributed by atoms with Gasteiger partial charge in [0.25, 0.3) is 5.91 Å². The van der Waals surface area contributed by atoms with E-state index in [-0.39, 0.29) is 40.4 Å². The van der Waals surface area contributed by atoms with Gasteiger partial charge in [-0.1, -0.05) is 18.2 Å². The van der Waals surface area contributed by atoms with Crippen LogP contribution in [0.2, 0.25) is 0 Å². The first-order valence-electron chi connectivity index (χ1n) is 15.0. The third-order valence-corrected chi connectivity index (χ3v) is 10.4. The summed E-state index contributed by atoms with van der Waals surface area (Å²) in [5.41, 5.74) is -1.60. The minimum absolute atomic E-state index is 0.0258. The Labute approximate surface area is 261 Å². The molecule has 2 aliphatic rings. The smallest absolute Gasteiger partial charge is 0.352 e. The van der Waals surface area contributed by atoms with E-state index in [1.54, 1.807) is 30.3 Å². The van der Waals surface area contributed by atoms with Crippen LogP contribution in [0.1, 0.15) is 55.5 Å². The number of nitrogens with zero attached hydrogens (tertiary/aromatic N) is 2. The number of hydrogen-bond acceptors (Lipinski definition) is 6. The minimum Gasteiger partial charge on any atom is -0.352 e. The Bertz CT molecular complexity index is 1480. The monoisotopic (exact) mass is 651 g/mol. The van der Waals surface area contributed by atoms with Crippen molar-refractivity contribution in [3.63, 3.8) is 0 Å². The Kier molecular flexibility index (Phi) is 10.8. The molecule has 45 heavy (non-hydrogen) atoms. The first-order valence-corrected chi connectivity index (χ1v) is 16.7. The van der Waals surface area contributed by atoms with Gasteiger partial charge in [-0.3, -0.25) is 9.59 Å². The van der Waals surface area contributed by atoms with E-state index in [0.29, 0.717) is 38.4 Å². The number of likely N-dealkylation sites (tertiary alicyclic amines) is 1. The summed E-state index contributed by atoms with van der Waals surface area (Å²) in [7, 11) is -1.64. The van der Waals surface area contributed by atoms with Crippen LogP contribution in [0.3, 0.4) is 0 Å². The largest absolute Gasteiger partial charge is 0.416 e. The normalized spacial score (nSPS) is 20.4. The first-order chi connectivity index (χ1) is 21.2. The number of sulfone groups is 1. The Morgan fingerprint density at radius 3 is 2.33 bits per heavy atom. The number of amides is 4. The number of nitrogens with one attached hydrogen (secondary N) is 3. The molecular formula is C31H40F3N5O5S. The molecule has 1 aliphatic heterocycles. The highest BCUT2D eigenvalue weighted by atomic mass is 32.2. The molecule has 1 aliphatic carbocycles. The first kappa shape index (κ1) is 34.2. The zero-order valence-electron chi connectivity index (χ0n) is 25.6. The second kappa shape index (κ2) is 14.2. The van der Waals surface area contributed by atoms with Crippen LogP contribution < -0.4 is 16.0 Å². The lowest BCUT2D eigenvalue weighted by molar-refractivity contribution is -0.137. The van der Waals surface area contributed by atoms with Crippen molar-refractivity contribution in [1.29, 1.82) is 0 Å². The van der Waals surface area contributed by atoms with Crippen molar-refractivity contribution in [1.82, 2.24) is 20.4 Å². The van der Waals surface area contributed by atoms with Gasteiger partial charge in [0.2, 0.25) is 5.91 Å². The van der Waals surface area contributed by atoms with Crippen molar-refractivity contribution >= 4 is 33.4 Å². The molecule has 0 bridgehead atoms. The molecular weight excluding hydrogens is 611 g/mol. The highest BCUT2D eigenvalue weighted by Crippen LogP contribution is 2.33. The number of halogens is 3. The topological polar surface area (TPSA) is 128 Å². The lowest BCUT2D eigenvalue weighted by Gasteiger charge is -2.42. The standard InChI is InChI=1S/C31H40F3N5O5S/c1-20(2)38(3)27-13-11-23(16-21(27)19-45(43,44)24-8-5-4-6-9-24)36-28(40)18-35-29(41)25-17-22(31(32,33)34)10-12-26(25)37-30(42)39-14-7-15-39/h4-6,8-10,12,17,20-21,23,27H,7,11,13-16,18-19H2,1-3H3,(H,35,41)(H,36,40)(H,37,42)/t21-,23+,27-/m1/s1. The number of anilines is 1. The summed E-state index contributed by atoms with van der Waals surface area (Å²) >= 11 is 0. The molecule has 1 saturated heterocycles. The number of carbonyl (C=O) groups excluding carboxylic acids is 3. The van der Waals surface area contributed by atoms with Crippen LogP contribution in [-0.2, 0) is 20.8 Å². The molecule has 10 nitrogen and oxygen atoms in total. The predicted octanol–water partition coefficient (Wildman–Crippen LogP) is 4.14. The maximum absolute atomic E-state index is 13.4. The molecule has 1 saturated carbocycles. The van der Waals surface area contributed by atoms with Crippen molar-refractivity contribution in [3.05, 3.63) is 59.7 Å². The maximum Gasteiger partial charge on any atom is 0.416 e. The van der Waals surface area contributed by atoms with Crippen molar-refractivity contribution in [2.24, 2.45) is 5.92 Å². The Balaban J connectivity index is 1.42. The second-order valence-electron chi connectivity index (χ2n) is 12.0. The lowest BCUT2D eigenvalue weighted by atomic mass is 9.81. The number of rotatable bonds is 10. The fraction of sp³-hybridized carbons (Fsp3) is 0.516. The molecule has 1 heterocycles. The highest BCUT2D eigenvalue weighted by Gasteiger charge is 2.37. The summed E-state index contributed by atoms with van der Waals surface area (Å²) < 4.78 is 66.8. The molecule has 0 aromatic heterocycles. The second-order valence-corrected chi connectivity index (χ2v) is 14.0. The van der Waals surface area contributed by atoms with Gasteiger partial charge in [0.05, 0.1) is 34.0 Å². The Hall–Kier alpha value is -3.65. The van der Waals surface area contributed by atoms with Gasteiger partial charge < -0.3 is 25.8 Å². The molecule has 4 amide bonds. The number of hydrogen-bond donors (Lipinski definition) is 3. The maximum atomic E-state index is 13.4. The van der Waals surface area contributed by atoms with Crippen molar-refractivity contribution in [2.45, 2.75) is 68.7 Å². The molecule has 2 fully saturated rings. The minimum atomic E-state index is -4.72. The van der Waals surface area contributed by atoms with Gasteiger partial charge in [0.15, 0.2) is 9.84 Å². The third kappa shape index (κ3) is 8.75. The highest BCUT2D eigenvalue weighted by molar-refractivity contribution is 7.91. The molecule has 0 unspecified atom stereocenters. The van der Waals surface area contributed by atoms with Crippen molar-refractivity contribution in [3.8, 4) is 0 Å². The zero-order valence-corrected chi connectivity index (χ0v) is 26.4. The summed E-state index contributed by atoms with van der Waals surface area (Å²) in [5, 5.41) is 7.71. The molecule has 3 atom stereocenters. The molecule has 0 spiro atoms. The average molecular weight is 652 g/mol. The van der Waals surface area contributed by atoms with Gasteiger partial charge in [0.1, 0.15) is 0 Å². The van der Waals surface area contributed by atoms with Crippen molar-refractivity contribution < 1.29 is 36.0 Å². The zero-order chi connectivity index (χ0) is 32.9. The average Bonchev–Trinajstić information content (AvgIpc) is 2.94. The summed E-state index contributed by atoms with van der Waals surface area (Å²) in [6.45, 7) is 4.55. The van der Waals surface area contributed by atoms with Crippen LogP contribution in [0, 0.1) is 5.92 Å². The van der Waals surface area contributed by atoms with E-state index in [2.05, 4.69) is 20.9 Å². The Morgan fingerprint density at radius 2 is 1.73 bits per heavy atom. The number of carbonyl (C=O) groups is 3. The van der Waals surface area contributed by atoms with Crippen LogP contribution in [0.5, 0.6) is 0 Å². The van der Waals surface area contributed by atoms with E-state index in [1.165, 1.54) is 4.90 Å². The molecule has 2 aromatic carbocycles. The summed E-state index contributed by atoms with van der Waals surface area (Å²) in [6, 6.07) is 9.91. The fourth-order valence-corrected chi connectivity index (χ4v) is 7.43. The molecule has 2 aromatic rings. The van der Waals surface area contributed by atoms with E-state index in [1.807, 2.05) is 20.9 Å². The van der Waals surface area contributed by atoms with Crippen LogP contribution in [-0.4, -0.2) is 86.6 Å². The number of urea groups is 1. The van der Waals surface area contributed by atoms with Gasteiger partial charge in [-0.25, -0.2) is 13.2 Å². The van der Waals surface area contributed by atoms with E-state index in [0.717, 1.165) is 18.6 Å². The summed E-state index contributed by atoms with van der Waals surface area (Å²) in [4.78, 5) is 42.1. The predicted molar refractivity (Wildman–Crippen MR) is 163 cm³/mol. The SMILES string of the molecule is CC(C)N(C)[C@@H]1CC[C@H](NC(=O)CNC(=O)c2cc(C(F)(F)F)ccc2NC(=O)N2CCC2)C[C@@H]1CS(=O)(=O)c1ccccc1. The number of benzene rings is 2. The van der Waals surface area contributed by atoms with Crippen molar-refractivity contribution in [2.75, 3.05) is 37.8 Å². The van der Waals surface area contributed by atoms with E-state index in [9.17, 15) is 36.0 Å². The van der Waals surface area contributed by atoms with Gasteiger partial charge in [-0.2, -0.15) is 13.2 Å². The molecule has 0 radical (unpaired) electrons. The molecule has 14 heteroatoms. The van der Waals surface area contributed by atoms with Crippen LogP contribution in [0.4, 0.5) is 23.7 Å². The van der Waals surface area contributed by atoms with E-state index >= 15 is 0 Å². The quantitative estimate of drug-likeness (QED) is 0.355. The fourth-order valence-electron chi connectivity index (χ4n) is 5.75. The van der Waals surface area contributed by atoms with Gasteiger partial charge in [-0.15, -0.1) is 0 Å². The van der Waals surface area contributed by atoms with Crippen LogP contribution in [0.15, 0.2) is 53.4 Å². The summed E-state index contributed by atoms with van der Waals surface area (Å²) in [6.07, 6.45) is -2.29. The van der Waals surface area contributed by atoms with Gasteiger partial charge in [-0.05, 0) is 82.8 Å². The van der Waals surface area contributed by atoms with Gasteiger partial charge >= 0.3 is 12.2 Å². The van der Waals surface area contributed by atoms with Gasteiger partial charge in [0, 0.05) is 31.2 Å².